The highest BCUT2D eigenvalue weighted by molar-refractivity contribution is 7.99. The quantitative estimate of drug-likeness (QED) is 0.750. The monoisotopic (exact) mass is 300 g/mol. The van der Waals surface area contributed by atoms with Crippen molar-refractivity contribution in [3.63, 3.8) is 0 Å². The molecule has 0 amide bonds. The fourth-order valence-corrected chi connectivity index (χ4v) is 2.75. The molecule has 0 radical (unpaired) electrons. The lowest BCUT2D eigenvalue weighted by Crippen LogP contribution is -2.03. The Hall–Kier alpha value is -0.900. The van der Waals surface area contributed by atoms with E-state index in [4.69, 9.17) is 27.6 Å². The predicted molar refractivity (Wildman–Crippen MR) is 75.7 cm³/mol. The van der Waals surface area contributed by atoms with Gasteiger partial charge in [0.2, 0.25) is 0 Å². The van der Waals surface area contributed by atoms with Crippen LogP contribution in [-0.4, -0.2) is 11.5 Å². The molecule has 0 aliphatic carbocycles. The summed E-state index contributed by atoms with van der Waals surface area (Å²) >= 11 is 13.2. The lowest BCUT2D eigenvalue weighted by atomic mass is 10.1. The summed E-state index contributed by atoms with van der Waals surface area (Å²) in [5.41, 5.74) is 0.507. The molecule has 0 saturated heterocycles. The number of Topliss-reactive ketones (excluding diaryl/α,β-unsaturated/α-hetero) is 1. The SMILES string of the molecule is O=C(CSCc1ccco1)c1ccc(Cl)cc1Cl. The maximum absolute atomic E-state index is 11.9. The summed E-state index contributed by atoms with van der Waals surface area (Å²) < 4.78 is 5.18. The van der Waals surface area contributed by atoms with Gasteiger partial charge in [0.15, 0.2) is 5.78 Å². The minimum atomic E-state index is -0.00628. The fraction of sp³-hybridized carbons (Fsp3) is 0.154. The van der Waals surface area contributed by atoms with E-state index in [0.717, 1.165) is 5.76 Å². The number of ketones is 1. The molecule has 0 unspecified atom stereocenters. The zero-order valence-corrected chi connectivity index (χ0v) is 11.7. The van der Waals surface area contributed by atoms with Gasteiger partial charge in [0.05, 0.1) is 22.8 Å². The normalized spacial score (nSPS) is 10.6. The topological polar surface area (TPSA) is 30.2 Å². The van der Waals surface area contributed by atoms with Gasteiger partial charge in [-0.1, -0.05) is 23.2 Å². The van der Waals surface area contributed by atoms with Gasteiger partial charge in [-0.25, -0.2) is 0 Å². The minimum Gasteiger partial charge on any atom is -0.468 e. The van der Waals surface area contributed by atoms with E-state index < -0.39 is 0 Å². The smallest absolute Gasteiger partial charge is 0.174 e. The van der Waals surface area contributed by atoms with Crippen molar-refractivity contribution in [3.05, 3.63) is 58.0 Å². The first-order valence-corrected chi connectivity index (χ1v) is 7.16. The first kappa shape index (κ1) is 13.5. The first-order chi connectivity index (χ1) is 8.66. The van der Waals surface area contributed by atoms with Crippen LogP contribution in [-0.2, 0) is 5.75 Å². The summed E-state index contributed by atoms with van der Waals surface area (Å²) in [4.78, 5) is 11.9. The summed E-state index contributed by atoms with van der Waals surface area (Å²) in [5, 5.41) is 0.922. The Morgan fingerprint density at radius 1 is 1.28 bits per heavy atom. The number of carbonyl (C=O) groups excluding carboxylic acids is 1. The second-order valence-electron chi connectivity index (χ2n) is 3.62. The third kappa shape index (κ3) is 3.55. The Labute approximate surface area is 119 Å². The van der Waals surface area contributed by atoms with Crippen LogP contribution in [0.1, 0.15) is 16.1 Å². The van der Waals surface area contributed by atoms with Gasteiger partial charge in [-0.3, -0.25) is 4.79 Å². The van der Waals surface area contributed by atoms with Gasteiger partial charge in [0.25, 0.3) is 0 Å². The summed E-state index contributed by atoms with van der Waals surface area (Å²) in [7, 11) is 0. The van der Waals surface area contributed by atoms with Gasteiger partial charge in [-0.2, -0.15) is 0 Å². The standard InChI is InChI=1S/C13H10Cl2O2S/c14-9-3-4-11(12(15)6-9)13(16)8-18-7-10-2-1-5-17-10/h1-6H,7-8H2. The van der Waals surface area contributed by atoms with Crippen molar-refractivity contribution in [2.45, 2.75) is 5.75 Å². The summed E-state index contributed by atoms with van der Waals surface area (Å²) in [6, 6.07) is 8.60. The van der Waals surface area contributed by atoms with Gasteiger partial charge in [0, 0.05) is 10.6 Å². The van der Waals surface area contributed by atoms with E-state index >= 15 is 0 Å². The second-order valence-corrected chi connectivity index (χ2v) is 5.45. The van der Waals surface area contributed by atoms with Gasteiger partial charge in [-0.05, 0) is 30.3 Å². The third-order valence-electron chi connectivity index (χ3n) is 2.29. The Balaban J connectivity index is 1.91. The van der Waals surface area contributed by atoms with Gasteiger partial charge < -0.3 is 4.42 Å². The molecule has 0 N–H and O–H groups in total. The van der Waals surface area contributed by atoms with E-state index in [1.54, 1.807) is 24.5 Å². The van der Waals surface area contributed by atoms with Crippen LogP contribution in [0.3, 0.4) is 0 Å². The van der Waals surface area contributed by atoms with Crippen molar-refractivity contribution in [2.75, 3.05) is 5.75 Å². The lowest BCUT2D eigenvalue weighted by molar-refractivity contribution is 0.102. The van der Waals surface area contributed by atoms with Crippen LogP contribution >= 0.6 is 35.0 Å². The number of halogens is 2. The van der Waals surface area contributed by atoms with Crippen LogP contribution in [0.5, 0.6) is 0 Å². The largest absolute Gasteiger partial charge is 0.468 e. The van der Waals surface area contributed by atoms with Crippen LogP contribution < -0.4 is 0 Å². The van der Waals surface area contributed by atoms with E-state index in [9.17, 15) is 4.79 Å². The highest BCUT2D eigenvalue weighted by Gasteiger charge is 2.11. The molecule has 2 nitrogen and oxygen atoms in total. The van der Waals surface area contributed by atoms with E-state index in [-0.39, 0.29) is 5.78 Å². The number of thioether (sulfide) groups is 1. The number of carbonyl (C=O) groups is 1. The van der Waals surface area contributed by atoms with Gasteiger partial charge in [0.1, 0.15) is 5.76 Å². The molecule has 94 valence electrons. The molecule has 1 heterocycles. The molecule has 0 aliphatic rings. The molecular weight excluding hydrogens is 291 g/mol. The fourth-order valence-electron chi connectivity index (χ4n) is 1.43. The average molecular weight is 301 g/mol. The van der Waals surface area contributed by atoms with Crippen LogP contribution in [0.25, 0.3) is 0 Å². The summed E-state index contributed by atoms with van der Waals surface area (Å²) in [6.07, 6.45) is 1.62. The predicted octanol–water partition coefficient (Wildman–Crippen LogP) is 4.70. The zero-order valence-electron chi connectivity index (χ0n) is 9.36. The molecule has 0 aliphatic heterocycles. The third-order valence-corrected chi connectivity index (χ3v) is 3.79. The minimum absolute atomic E-state index is 0.00628. The van der Waals surface area contributed by atoms with E-state index in [1.165, 1.54) is 11.8 Å². The number of rotatable bonds is 5. The summed E-state index contributed by atoms with van der Waals surface area (Å²) in [6.45, 7) is 0. The van der Waals surface area contributed by atoms with Crippen molar-refractivity contribution in [3.8, 4) is 0 Å². The second kappa shape index (κ2) is 6.32. The molecule has 5 heteroatoms. The molecule has 1 aromatic carbocycles. The zero-order chi connectivity index (χ0) is 13.0. The van der Waals surface area contributed by atoms with E-state index in [2.05, 4.69) is 0 Å². The Morgan fingerprint density at radius 2 is 2.11 bits per heavy atom. The maximum atomic E-state index is 11.9. The van der Waals surface area contributed by atoms with Crippen LogP contribution in [0.4, 0.5) is 0 Å². The van der Waals surface area contributed by atoms with Crippen molar-refractivity contribution >= 4 is 40.7 Å². The molecule has 18 heavy (non-hydrogen) atoms. The number of benzene rings is 1. The molecule has 0 spiro atoms. The molecule has 0 bridgehead atoms. The van der Waals surface area contributed by atoms with Crippen molar-refractivity contribution < 1.29 is 9.21 Å². The van der Waals surface area contributed by atoms with E-state index in [0.29, 0.717) is 27.1 Å². The van der Waals surface area contributed by atoms with Crippen molar-refractivity contribution in [2.24, 2.45) is 0 Å². The van der Waals surface area contributed by atoms with Gasteiger partial charge >= 0.3 is 0 Å². The van der Waals surface area contributed by atoms with Gasteiger partial charge in [-0.15, -0.1) is 11.8 Å². The van der Waals surface area contributed by atoms with Crippen molar-refractivity contribution in [1.29, 1.82) is 0 Å². The first-order valence-electron chi connectivity index (χ1n) is 5.25. The van der Waals surface area contributed by atoms with E-state index in [1.807, 2.05) is 12.1 Å². The average Bonchev–Trinajstić information content (AvgIpc) is 2.81. The Morgan fingerprint density at radius 3 is 2.78 bits per heavy atom. The highest BCUT2D eigenvalue weighted by Crippen LogP contribution is 2.23. The molecule has 0 saturated carbocycles. The maximum Gasteiger partial charge on any atom is 0.174 e. The molecular formula is C13H10Cl2O2S. The van der Waals surface area contributed by atoms with Crippen LogP contribution in [0.15, 0.2) is 41.0 Å². The molecule has 0 fully saturated rings. The summed E-state index contributed by atoms with van der Waals surface area (Å²) in [5.74, 6) is 1.88. The Kier molecular flexibility index (Phi) is 4.75. The lowest BCUT2D eigenvalue weighted by Gasteiger charge is -2.03. The molecule has 1 aromatic heterocycles. The number of furan rings is 1. The molecule has 0 atom stereocenters. The number of hydrogen-bond donors (Lipinski definition) is 0. The number of hydrogen-bond acceptors (Lipinski definition) is 3. The van der Waals surface area contributed by atoms with Crippen molar-refractivity contribution in [1.82, 2.24) is 0 Å². The highest BCUT2D eigenvalue weighted by atomic mass is 35.5. The van der Waals surface area contributed by atoms with Crippen LogP contribution in [0, 0.1) is 0 Å². The molecule has 2 rings (SSSR count). The molecule has 2 aromatic rings. The van der Waals surface area contributed by atoms with Crippen LogP contribution in [0.2, 0.25) is 10.0 Å². The Bertz CT molecular complexity index is 538.